The highest BCUT2D eigenvalue weighted by Crippen LogP contribution is 2.41. The van der Waals surface area contributed by atoms with Crippen molar-refractivity contribution in [2.75, 3.05) is 20.2 Å². The molecule has 1 aliphatic carbocycles. The first kappa shape index (κ1) is 20.3. The number of benzene rings is 1. The Morgan fingerprint density at radius 2 is 1.84 bits per heavy atom. The van der Waals surface area contributed by atoms with Crippen molar-refractivity contribution in [3.63, 3.8) is 0 Å². The van der Waals surface area contributed by atoms with Crippen molar-refractivity contribution in [2.24, 2.45) is 11.8 Å². The number of hydrogen-bond donors (Lipinski definition) is 0. The predicted octanol–water partition coefficient (Wildman–Crippen LogP) is 3.00. The molecule has 2 unspecified atom stereocenters. The third kappa shape index (κ3) is 3.43. The monoisotopic (exact) mass is 434 g/mol. The van der Waals surface area contributed by atoms with E-state index in [-0.39, 0.29) is 17.6 Å². The number of aryl methyl sites for hydroxylation is 2. The third-order valence-electron chi connectivity index (χ3n) is 6.21. The van der Waals surface area contributed by atoms with Crippen LogP contribution in [0.25, 0.3) is 11.3 Å². The highest BCUT2D eigenvalue weighted by molar-refractivity contribution is 5.98. The van der Waals surface area contributed by atoms with Gasteiger partial charge in [-0.1, -0.05) is 6.08 Å². The number of ether oxygens (including phenoxy) is 1. The molecule has 0 spiro atoms. The number of fused-ring (bicyclic) bond motifs is 1. The average molecular weight is 434 g/mol. The normalized spacial score (nSPS) is 19.8. The molecule has 32 heavy (non-hydrogen) atoms. The van der Waals surface area contributed by atoms with E-state index in [1.165, 1.54) is 4.80 Å². The van der Waals surface area contributed by atoms with E-state index in [0.29, 0.717) is 53.2 Å². The molecular formula is C23H23FN6O2. The van der Waals surface area contributed by atoms with Crippen LogP contribution in [0.1, 0.15) is 34.0 Å². The molecule has 0 bridgehead atoms. The lowest BCUT2D eigenvalue weighted by Crippen LogP contribution is -2.30. The van der Waals surface area contributed by atoms with E-state index in [2.05, 4.69) is 26.2 Å². The summed E-state index contributed by atoms with van der Waals surface area (Å²) < 4.78 is 19.2. The zero-order chi connectivity index (χ0) is 22.4. The van der Waals surface area contributed by atoms with Crippen molar-refractivity contribution in [3.8, 4) is 11.4 Å². The number of halogens is 1. The van der Waals surface area contributed by atoms with E-state index in [0.717, 1.165) is 12.0 Å². The summed E-state index contributed by atoms with van der Waals surface area (Å²) in [4.78, 5) is 25.4. The lowest BCUT2D eigenvalue weighted by atomic mass is 10.00. The van der Waals surface area contributed by atoms with Gasteiger partial charge in [0, 0.05) is 13.1 Å². The van der Waals surface area contributed by atoms with E-state index in [1.54, 1.807) is 51.6 Å². The highest BCUT2D eigenvalue weighted by Gasteiger charge is 2.40. The van der Waals surface area contributed by atoms with Crippen LogP contribution in [0.2, 0.25) is 0 Å². The largest absolute Gasteiger partial charge is 0.497 e. The topological polar surface area (TPSA) is 86.0 Å². The lowest BCUT2D eigenvalue weighted by Gasteiger charge is -2.19. The Morgan fingerprint density at radius 3 is 2.50 bits per heavy atom. The molecule has 0 N–H and O–H groups in total. The zero-order valence-electron chi connectivity index (χ0n) is 18.1. The number of amides is 1. The number of aromatic nitrogens is 5. The summed E-state index contributed by atoms with van der Waals surface area (Å²) in [5, 5.41) is 8.35. The molecule has 5 rings (SSSR count). The second-order valence-corrected chi connectivity index (χ2v) is 8.26. The van der Waals surface area contributed by atoms with E-state index >= 15 is 0 Å². The Kier molecular flexibility index (Phi) is 4.96. The summed E-state index contributed by atoms with van der Waals surface area (Å²) in [6.45, 7) is 4.55. The van der Waals surface area contributed by atoms with Crippen LogP contribution < -0.4 is 4.74 Å². The molecule has 1 aromatic carbocycles. The van der Waals surface area contributed by atoms with Crippen LogP contribution >= 0.6 is 0 Å². The zero-order valence-corrected chi connectivity index (χ0v) is 18.1. The van der Waals surface area contributed by atoms with Gasteiger partial charge in [-0.15, -0.1) is 0 Å². The second kappa shape index (κ2) is 7.81. The quantitative estimate of drug-likeness (QED) is 0.628. The Balaban J connectivity index is 1.39. The highest BCUT2D eigenvalue weighted by atomic mass is 19.1. The number of hydrogen-bond acceptors (Lipinski definition) is 6. The SMILES string of the molecule is COc1ccc(-n2nccn2)c(C(=O)N2CC3C=C(c4nc(C)c(F)c(C)n4)CC3C2)c1. The third-order valence-corrected chi connectivity index (χ3v) is 6.21. The smallest absolute Gasteiger partial charge is 0.256 e. The van der Waals surface area contributed by atoms with Crippen molar-refractivity contribution in [1.82, 2.24) is 29.9 Å². The summed E-state index contributed by atoms with van der Waals surface area (Å²) in [6, 6.07) is 5.31. The first-order chi connectivity index (χ1) is 15.4. The Hall–Kier alpha value is -3.62. The molecule has 0 radical (unpaired) electrons. The molecule has 3 aromatic rings. The van der Waals surface area contributed by atoms with Gasteiger partial charge < -0.3 is 9.64 Å². The number of methoxy groups -OCH3 is 1. The molecule has 0 saturated carbocycles. The Morgan fingerprint density at radius 1 is 1.12 bits per heavy atom. The molecule has 1 saturated heterocycles. The minimum Gasteiger partial charge on any atom is -0.497 e. The van der Waals surface area contributed by atoms with E-state index < -0.39 is 0 Å². The number of nitrogens with zero attached hydrogens (tertiary/aromatic N) is 6. The Labute approximate surface area is 184 Å². The average Bonchev–Trinajstić information content (AvgIpc) is 3.53. The van der Waals surface area contributed by atoms with E-state index in [9.17, 15) is 9.18 Å². The van der Waals surface area contributed by atoms with Gasteiger partial charge in [0.15, 0.2) is 11.6 Å². The number of carbonyl (C=O) groups excluding carboxylic acids is 1. The fraction of sp³-hybridized carbons (Fsp3) is 0.348. The van der Waals surface area contributed by atoms with Gasteiger partial charge in [0.1, 0.15) is 5.75 Å². The summed E-state index contributed by atoms with van der Waals surface area (Å²) in [5.41, 5.74) is 2.86. The first-order valence-corrected chi connectivity index (χ1v) is 10.5. The molecule has 1 fully saturated rings. The number of carbonyl (C=O) groups is 1. The number of allylic oxidation sites excluding steroid dienone is 1. The van der Waals surface area contributed by atoms with Crippen molar-refractivity contribution >= 4 is 11.5 Å². The van der Waals surface area contributed by atoms with Crippen LogP contribution in [-0.2, 0) is 0 Å². The molecular weight excluding hydrogens is 411 g/mol. The molecule has 8 nitrogen and oxygen atoms in total. The van der Waals surface area contributed by atoms with Gasteiger partial charge in [0.25, 0.3) is 5.91 Å². The van der Waals surface area contributed by atoms with Gasteiger partial charge in [-0.25, -0.2) is 14.4 Å². The molecule has 1 aliphatic heterocycles. The minimum atomic E-state index is -0.356. The van der Waals surface area contributed by atoms with Gasteiger partial charge >= 0.3 is 0 Å². The van der Waals surface area contributed by atoms with Gasteiger partial charge in [-0.2, -0.15) is 15.0 Å². The first-order valence-electron chi connectivity index (χ1n) is 10.5. The molecule has 2 aromatic heterocycles. The van der Waals surface area contributed by atoms with Crippen molar-refractivity contribution in [2.45, 2.75) is 20.3 Å². The van der Waals surface area contributed by atoms with E-state index in [4.69, 9.17) is 4.74 Å². The van der Waals surface area contributed by atoms with Crippen LogP contribution in [0.5, 0.6) is 5.75 Å². The van der Waals surface area contributed by atoms with Crippen LogP contribution in [0.4, 0.5) is 4.39 Å². The summed E-state index contributed by atoms with van der Waals surface area (Å²) >= 11 is 0. The molecule has 3 heterocycles. The fourth-order valence-corrected chi connectivity index (χ4v) is 4.59. The van der Waals surface area contributed by atoms with Crippen molar-refractivity contribution in [1.29, 1.82) is 0 Å². The molecule has 9 heteroatoms. The van der Waals surface area contributed by atoms with Crippen LogP contribution in [-0.4, -0.2) is 56.0 Å². The minimum absolute atomic E-state index is 0.0785. The lowest BCUT2D eigenvalue weighted by molar-refractivity contribution is 0.0784. The number of rotatable bonds is 4. The van der Waals surface area contributed by atoms with Gasteiger partial charge in [-0.05, 0) is 55.9 Å². The molecule has 164 valence electrons. The van der Waals surface area contributed by atoms with Crippen molar-refractivity contribution in [3.05, 3.63) is 65.3 Å². The summed E-state index contributed by atoms with van der Waals surface area (Å²) in [7, 11) is 1.57. The molecule has 2 aliphatic rings. The predicted molar refractivity (Wildman–Crippen MR) is 115 cm³/mol. The summed E-state index contributed by atoms with van der Waals surface area (Å²) in [5.74, 6) is 1.27. The van der Waals surface area contributed by atoms with Gasteiger partial charge in [-0.3, -0.25) is 4.79 Å². The van der Waals surface area contributed by atoms with Gasteiger partial charge in [0.2, 0.25) is 0 Å². The van der Waals surface area contributed by atoms with Crippen LogP contribution in [0.15, 0.2) is 36.7 Å². The maximum absolute atomic E-state index is 13.9. The van der Waals surface area contributed by atoms with Crippen LogP contribution in [0.3, 0.4) is 0 Å². The van der Waals surface area contributed by atoms with E-state index in [1.807, 2.05) is 4.90 Å². The van der Waals surface area contributed by atoms with Crippen LogP contribution in [0, 0.1) is 31.5 Å². The Bertz CT molecular complexity index is 1200. The molecule has 1 amide bonds. The standard InChI is InChI=1S/C23H23FN6O2/c1-13-21(24)14(2)28-22(27-13)15-8-16-11-29(12-17(16)9-15)23(31)19-10-18(32-3)4-5-20(19)30-25-6-7-26-30/h4-8,10,16-17H,9,11-12H2,1-3H3. The fourth-order valence-electron chi connectivity index (χ4n) is 4.59. The van der Waals surface area contributed by atoms with Gasteiger partial charge in [0.05, 0.1) is 42.1 Å². The maximum atomic E-state index is 13.9. The summed E-state index contributed by atoms with van der Waals surface area (Å²) in [6.07, 6.45) is 6.06. The second-order valence-electron chi connectivity index (χ2n) is 8.26. The maximum Gasteiger partial charge on any atom is 0.256 e. The van der Waals surface area contributed by atoms with Crippen molar-refractivity contribution < 1.29 is 13.9 Å². The number of likely N-dealkylation sites (tertiary alicyclic amines) is 1. The molecule has 2 atom stereocenters.